The molecule has 3 heteroatoms. The topological polar surface area (TPSA) is 29.5 Å². The average molecular weight is 275 g/mol. The van der Waals surface area contributed by atoms with Gasteiger partial charge in [0.1, 0.15) is 5.60 Å². The molecule has 1 aliphatic heterocycles. The summed E-state index contributed by atoms with van der Waals surface area (Å²) in [5.74, 6) is 0. The predicted molar refractivity (Wildman–Crippen MR) is 81.0 cm³/mol. The number of fused-ring (bicyclic) bond motifs is 1. The van der Waals surface area contributed by atoms with Crippen LogP contribution < -0.4 is 0 Å². The van der Waals surface area contributed by atoms with Gasteiger partial charge in [0.25, 0.3) is 0 Å². The van der Waals surface area contributed by atoms with E-state index in [9.17, 15) is 4.79 Å². The third-order valence-corrected chi connectivity index (χ3v) is 3.95. The summed E-state index contributed by atoms with van der Waals surface area (Å²) in [7, 11) is 0. The van der Waals surface area contributed by atoms with Crippen LogP contribution in [0.15, 0.2) is 6.07 Å². The molecule has 1 aromatic rings. The maximum Gasteiger partial charge on any atom is 0.410 e. The molecule has 0 saturated heterocycles. The molecule has 2 rings (SSSR count). The van der Waals surface area contributed by atoms with E-state index in [0.717, 1.165) is 13.0 Å². The smallest absolute Gasteiger partial charge is 0.410 e. The third-order valence-electron chi connectivity index (χ3n) is 3.95. The second-order valence-corrected chi connectivity index (χ2v) is 6.74. The Kier molecular flexibility index (Phi) is 3.81. The van der Waals surface area contributed by atoms with Crippen molar-refractivity contribution >= 4 is 6.09 Å². The van der Waals surface area contributed by atoms with Crippen molar-refractivity contribution in [2.24, 2.45) is 0 Å². The minimum atomic E-state index is -0.435. The largest absolute Gasteiger partial charge is 0.444 e. The number of carbonyl (C=O) groups is 1. The highest BCUT2D eigenvalue weighted by Gasteiger charge is 2.27. The molecule has 3 nitrogen and oxygen atoms in total. The lowest BCUT2D eigenvalue weighted by Crippen LogP contribution is -2.40. The Morgan fingerprint density at radius 3 is 2.40 bits per heavy atom. The summed E-state index contributed by atoms with van der Waals surface area (Å²) in [5.41, 5.74) is 6.26. The third kappa shape index (κ3) is 2.97. The van der Waals surface area contributed by atoms with Gasteiger partial charge in [0.15, 0.2) is 0 Å². The van der Waals surface area contributed by atoms with Gasteiger partial charge < -0.3 is 9.64 Å². The van der Waals surface area contributed by atoms with E-state index in [4.69, 9.17) is 4.74 Å². The van der Waals surface area contributed by atoms with Gasteiger partial charge in [-0.25, -0.2) is 4.79 Å². The SMILES string of the molecule is Cc1cc(C)c2c(c1C)CCN(C(=O)OC(C)(C)C)C2. The van der Waals surface area contributed by atoms with Gasteiger partial charge in [-0.2, -0.15) is 0 Å². The first kappa shape index (κ1) is 14.9. The van der Waals surface area contributed by atoms with E-state index >= 15 is 0 Å². The van der Waals surface area contributed by atoms with Crippen LogP contribution in [0.25, 0.3) is 0 Å². The zero-order valence-electron chi connectivity index (χ0n) is 13.5. The summed E-state index contributed by atoms with van der Waals surface area (Å²) < 4.78 is 5.47. The molecular formula is C17H25NO2. The number of amides is 1. The van der Waals surface area contributed by atoms with Crippen molar-refractivity contribution < 1.29 is 9.53 Å². The second kappa shape index (κ2) is 5.12. The van der Waals surface area contributed by atoms with Crippen molar-refractivity contribution in [3.8, 4) is 0 Å². The first-order chi connectivity index (χ1) is 9.19. The molecule has 20 heavy (non-hydrogen) atoms. The van der Waals surface area contributed by atoms with Gasteiger partial charge >= 0.3 is 6.09 Å². The molecule has 0 unspecified atom stereocenters. The molecule has 0 radical (unpaired) electrons. The van der Waals surface area contributed by atoms with E-state index in [2.05, 4.69) is 26.8 Å². The molecule has 1 aromatic carbocycles. The lowest BCUT2D eigenvalue weighted by Gasteiger charge is -2.33. The molecule has 0 saturated carbocycles. The Morgan fingerprint density at radius 1 is 1.15 bits per heavy atom. The average Bonchev–Trinajstić information content (AvgIpc) is 2.33. The van der Waals surface area contributed by atoms with Crippen LogP contribution in [-0.4, -0.2) is 23.1 Å². The Balaban J connectivity index is 2.24. The zero-order chi connectivity index (χ0) is 15.1. The molecule has 0 N–H and O–H groups in total. The van der Waals surface area contributed by atoms with Gasteiger partial charge in [-0.1, -0.05) is 6.07 Å². The number of benzene rings is 1. The van der Waals surface area contributed by atoms with Gasteiger partial charge in [0, 0.05) is 13.1 Å². The minimum absolute atomic E-state index is 0.208. The van der Waals surface area contributed by atoms with E-state index in [1.165, 1.54) is 27.8 Å². The first-order valence-corrected chi connectivity index (χ1v) is 7.25. The number of aryl methyl sites for hydroxylation is 2. The van der Waals surface area contributed by atoms with Gasteiger partial charge in [0.2, 0.25) is 0 Å². The summed E-state index contributed by atoms with van der Waals surface area (Å²) in [4.78, 5) is 14.0. The van der Waals surface area contributed by atoms with Crippen LogP contribution >= 0.6 is 0 Å². The number of carbonyl (C=O) groups excluding carboxylic acids is 1. The Labute approximate surface area is 121 Å². The quantitative estimate of drug-likeness (QED) is 0.718. The molecule has 0 spiro atoms. The normalized spacial score (nSPS) is 15.0. The molecule has 1 heterocycles. The number of rotatable bonds is 0. The summed E-state index contributed by atoms with van der Waals surface area (Å²) >= 11 is 0. The molecule has 0 atom stereocenters. The van der Waals surface area contributed by atoms with E-state index in [-0.39, 0.29) is 6.09 Å². The summed E-state index contributed by atoms with van der Waals surface area (Å²) in [6.45, 7) is 13.6. The first-order valence-electron chi connectivity index (χ1n) is 7.25. The van der Waals surface area contributed by atoms with E-state index in [1.54, 1.807) is 0 Å². The predicted octanol–water partition coefficient (Wildman–Crippen LogP) is 3.91. The van der Waals surface area contributed by atoms with E-state index in [1.807, 2.05) is 25.7 Å². The fraction of sp³-hybridized carbons (Fsp3) is 0.588. The Hall–Kier alpha value is -1.51. The van der Waals surface area contributed by atoms with Crippen LogP contribution in [0.3, 0.4) is 0 Å². The molecule has 1 aliphatic rings. The number of hydrogen-bond donors (Lipinski definition) is 0. The molecule has 0 aliphatic carbocycles. The number of nitrogens with zero attached hydrogens (tertiary/aromatic N) is 1. The summed E-state index contributed by atoms with van der Waals surface area (Å²) in [5, 5.41) is 0. The molecular weight excluding hydrogens is 250 g/mol. The number of ether oxygens (including phenoxy) is 1. The van der Waals surface area contributed by atoms with E-state index < -0.39 is 5.60 Å². The van der Waals surface area contributed by atoms with Crippen LogP contribution in [0, 0.1) is 20.8 Å². The highest BCUT2D eigenvalue weighted by molar-refractivity contribution is 5.69. The second-order valence-electron chi connectivity index (χ2n) is 6.74. The zero-order valence-corrected chi connectivity index (χ0v) is 13.5. The van der Waals surface area contributed by atoms with Gasteiger partial charge in [-0.05, 0) is 75.8 Å². The van der Waals surface area contributed by atoms with E-state index in [0.29, 0.717) is 6.54 Å². The Bertz CT molecular complexity index is 541. The maximum absolute atomic E-state index is 12.2. The minimum Gasteiger partial charge on any atom is -0.444 e. The fourth-order valence-corrected chi connectivity index (χ4v) is 2.78. The lowest BCUT2D eigenvalue weighted by atomic mass is 9.89. The van der Waals surface area contributed by atoms with Crippen LogP contribution in [0.1, 0.15) is 48.6 Å². The van der Waals surface area contributed by atoms with Crippen molar-refractivity contribution in [1.29, 1.82) is 0 Å². The van der Waals surface area contributed by atoms with Crippen molar-refractivity contribution in [3.63, 3.8) is 0 Å². The van der Waals surface area contributed by atoms with Crippen LogP contribution in [0.5, 0.6) is 0 Å². The molecule has 0 fully saturated rings. The van der Waals surface area contributed by atoms with Crippen LogP contribution in [0.4, 0.5) is 4.79 Å². The Morgan fingerprint density at radius 2 is 1.80 bits per heavy atom. The monoisotopic (exact) mass is 275 g/mol. The highest BCUT2D eigenvalue weighted by atomic mass is 16.6. The van der Waals surface area contributed by atoms with Crippen LogP contribution in [-0.2, 0) is 17.7 Å². The summed E-state index contributed by atoms with van der Waals surface area (Å²) in [6, 6.07) is 2.22. The van der Waals surface area contributed by atoms with Gasteiger partial charge in [0.05, 0.1) is 0 Å². The summed E-state index contributed by atoms with van der Waals surface area (Å²) in [6.07, 6.45) is 0.712. The van der Waals surface area contributed by atoms with Crippen LogP contribution in [0.2, 0.25) is 0 Å². The molecule has 0 aromatic heterocycles. The lowest BCUT2D eigenvalue weighted by molar-refractivity contribution is 0.0223. The molecule has 0 bridgehead atoms. The van der Waals surface area contributed by atoms with Crippen molar-refractivity contribution in [2.45, 2.75) is 60.1 Å². The van der Waals surface area contributed by atoms with Gasteiger partial charge in [-0.3, -0.25) is 0 Å². The number of hydrogen-bond acceptors (Lipinski definition) is 2. The molecule has 110 valence electrons. The van der Waals surface area contributed by atoms with Crippen molar-refractivity contribution in [2.75, 3.05) is 6.54 Å². The molecule has 1 amide bonds. The van der Waals surface area contributed by atoms with Crippen molar-refractivity contribution in [1.82, 2.24) is 4.90 Å². The fourth-order valence-electron chi connectivity index (χ4n) is 2.78. The van der Waals surface area contributed by atoms with Gasteiger partial charge in [-0.15, -0.1) is 0 Å². The maximum atomic E-state index is 12.2. The highest BCUT2D eigenvalue weighted by Crippen LogP contribution is 2.28. The standard InChI is InChI=1S/C17H25NO2/c1-11-9-12(2)15-10-18(8-7-14(15)13(11)3)16(19)20-17(4,5)6/h9H,7-8,10H2,1-6H3. The van der Waals surface area contributed by atoms with Crippen molar-refractivity contribution in [3.05, 3.63) is 33.9 Å².